The molecule has 0 atom stereocenters. The van der Waals surface area contributed by atoms with E-state index >= 15 is 0 Å². The third kappa shape index (κ3) is 0.991. The fourth-order valence-electron chi connectivity index (χ4n) is 1.14. The van der Waals surface area contributed by atoms with Crippen LogP contribution in [0.4, 0.5) is 0 Å². The van der Waals surface area contributed by atoms with E-state index in [0.717, 1.165) is 10.4 Å². The third-order valence-corrected chi connectivity index (χ3v) is 2.24. The van der Waals surface area contributed by atoms with Crippen LogP contribution in [0.25, 0.3) is 0 Å². The molecule has 1 N–H and O–H groups in total. The van der Waals surface area contributed by atoms with Crippen LogP contribution in [-0.4, -0.2) is 4.98 Å². The van der Waals surface area contributed by atoms with Gasteiger partial charge in [0.15, 0.2) is 0 Å². The summed E-state index contributed by atoms with van der Waals surface area (Å²) in [6.07, 6.45) is 6.55. The maximum Gasteiger partial charge on any atom is 0.0440 e. The molecule has 0 saturated heterocycles. The van der Waals surface area contributed by atoms with Crippen molar-refractivity contribution < 1.29 is 0 Å². The highest BCUT2D eigenvalue weighted by Gasteiger charge is 2.24. The highest BCUT2D eigenvalue weighted by atomic mass is 32.1. The minimum Gasteiger partial charge on any atom is -0.367 e. The van der Waals surface area contributed by atoms with Gasteiger partial charge in [-0.05, 0) is 30.4 Å². The lowest BCUT2D eigenvalue weighted by atomic mass is 10.2. The molecular formula is C8H9NS. The van der Waals surface area contributed by atoms with E-state index in [0.29, 0.717) is 0 Å². The van der Waals surface area contributed by atoms with Gasteiger partial charge in [0.2, 0.25) is 0 Å². The number of hydrogen-bond donors (Lipinski definition) is 1. The molecule has 1 nitrogen and oxygen atoms in total. The maximum absolute atomic E-state index is 5.15. The Hall–Kier alpha value is -0.630. The minimum atomic E-state index is 0.768. The molecule has 0 spiro atoms. The van der Waals surface area contributed by atoms with E-state index in [1.807, 2.05) is 18.5 Å². The van der Waals surface area contributed by atoms with Crippen molar-refractivity contribution >= 4 is 12.2 Å². The second-order valence-corrected chi connectivity index (χ2v) is 3.18. The van der Waals surface area contributed by atoms with E-state index in [4.69, 9.17) is 12.2 Å². The summed E-state index contributed by atoms with van der Waals surface area (Å²) in [7, 11) is 0. The quantitative estimate of drug-likeness (QED) is 0.610. The van der Waals surface area contributed by atoms with Gasteiger partial charge >= 0.3 is 0 Å². The largest absolute Gasteiger partial charge is 0.367 e. The van der Waals surface area contributed by atoms with Crippen molar-refractivity contribution in [3.63, 3.8) is 0 Å². The summed E-state index contributed by atoms with van der Waals surface area (Å²) >= 11 is 5.15. The van der Waals surface area contributed by atoms with Gasteiger partial charge in [0.05, 0.1) is 0 Å². The molecule has 0 unspecified atom stereocenters. The molecule has 1 aromatic heterocycles. The summed E-state index contributed by atoms with van der Waals surface area (Å²) in [5, 5.41) is 0. The first kappa shape index (κ1) is 6.10. The lowest BCUT2D eigenvalue weighted by molar-refractivity contribution is 1.08. The van der Waals surface area contributed by atoms with Gasteiger partial charge in [0.1, 0.15) is 0 Å². The van der Waals surface area contributed by atoms with Crippen molar-refractivity contribution in [2.24, 2.45) is 0 Å². The summed E-state index contributed by atoms with van der Waals surface area (Å²) in [5.74, 6) is 0.768. The van der Waals surface area contributed by atoms with Crippen LogP contribution >= 0.6 is 12.2 Å². The molecule has 0 radical (unpaired) electrons. The van der Waals surface area contributed by atoms with Gasteiger partial charge < -0.3 is 4.98 Å². The zero-order valence-corrected chi connectivity index (χ0v) is 6.45. The predicted molar refractivity (Wildman–Crippen MR) is 43.6 cm³/mol. The van der Waals surface area contributed by atoms with Crippen LogP contribution in [0.15, 0.2) is 18.5 Å². The topological polar surface area (TPSA) is 15.8 Å². The molecule has 1 aliphatic carbocycles. The Morgan fingerprint density at radius 1 is 1.50 bits per heavy atom. The summed E-state index contributed by atoms with van der Waals surface area (Å²) in [6.45, 7) is 0. The molecule has 1 fully saturated rings. The van der Waals surface area contributed by atoms with Crippen molar-refractivity contribution in [2.75, 3.05) is 0 Å². The Balaban J connectivity index is 2.48. The molecule has 1 saturated carbocycles. The van der Waals surface area contributed by atoms with Gasteiger partial charge in [-0.25, -0.2) is 0 Å². The molecule has 0 aliphatic heterocycles. The molecule has 52 valence electrons. The van der Waals surface area contributed by atoms with E-state index in [2.05, 4.69) is 4.98 Å². The lowest BCUT2D eigenvalue weighted by Gasteiger charge is -1.94. The van der Waals surface area contributed by atoms with Crippen LogP contribution < -0.4 is 0 Å². The standard InChI is InChI=1S/C8H9NS/c10-8-3-4-9-5-7(8)6-1-2-6/h3-6H,1-2H2,(H,9,10). The molecule has 2 heteroatoms. The highest BCUT2D eigenvalue weighted by molar-refractivity contribution is 7.71. The lowest BCUT2D eigenvalue weighted by Crippen LogP contribution is -1.81. The summed E-state index contributed by atoms with van der Waals surface area (Å²) in [5.41, 5.74) is 1.33. The van der Waals surface area contributed by atoms with Crippen LogP contribution in [0.1, 0.15) is 24.3 Å². The van der Waals surface area contributed by atoms with Gasteiger partial charge in [-0.15, -0.1) is 0 Å². The summed E-state index contributed by atoms with van der Waals surface area (Å²) < 4.78 is 1.02. The smallest absolute Gasteiger partial charge is 0.0440 e. The Bertz CT molecular complexity index is 285. The van der Waals surface area contributed by atoms with Crippen LogP contribution in [0.5, 0.6) is 0 Å². The molecule has 2 rings (SSSR count). The van der Waals surface area contributed by atoms with E-state index in [-0.39, 0.29) is 0 Å². The van der Waals surface area contributed by atoms with Gasteiger partial charge in [0, 0.05) is 16.9 Å². The molecule has 1 heterocycles. The monoisotopic (exact) mass is 151 g/mol. The average Bonchev–Trinajstić information content (AvgIpc) is 2.71. The normalized spacial score (nSPS) is 17.2. The fraction of sp³-hybridized carbons (Fsp3) is 0.375. The van der Waals surface area contributed by atoms with Crippen molar-refractivity contribution in [1.82, 2.24) is 4.98 Å². The van der Waals surface area contributed by atoms with E-state index < -0.39 is 0 Å². The number of nitrogens with one attached hydrogen (secondary N) is 1. The van der Waals surface area contributed by atoms with E-state index in [1.165, 1.54) is 18.4 Å². The van der Waals surface area contributed by atoms with Gasteiger partial charge in [0.25, 0.3) is 0 Å². The number of aromatic amines is 1. The SMILES string of the molecule is S=c1cc[nH]cc1C1CC1. The summed E-state index contributed by atoms with van der Waals surface area (Å²) in [6, 6.07) is 1.96. The number of hydrogen-bond acceptors (Lipinski definition) is 1. The number of H-pyrrole nitrogens is 1. The van der Waals surface area contributed by atoms with E-state index in [1.54, 1.807) is 0 Å². The highest BCUT2D eigenvalue weighted by Crippen LogP contribution is 2.39. The Labute approximate surface area is 65.1 Å². The Morgan fingerprint density at radius 3 is 2.90 bits per heavy atom. The van der Waals surface area contributed by atoms with E-state index in [9.17, 15) is 0 Å². The first-order valence-corrected chi connectivity index (χ1v) is 3.96. The van der Waals surface area contributed by atoms with Crippen molar-refractivity contribution in [2.45, 2.75) is 18.8 Å². The average molecular weight is 151 g/mol. The number of rotatable bonds is 1. The van der Waals surface area contributed by atoms with Crippen molar-refractivity contribution in [3.05, 3.63) is 28.5 Å². The Kier molecular flexibility index (Phi) is 1.34. The van der Waals surface area contributed by atoms with Gasteiger partial charge in [-0.1, -0.05) is 12.2 Å². The summed E-state index contributed by atoms with van der Waals surface area (Å²) in [4.78, 5) is 3.06. The molecule has 0 bridgehead atoms. The Morgan fingerprint density at radius 2 is 2.30 bits per heavy atom. The third-order valence-electron chi connectivity index (χ3n) is 1.87. The number of aromatic nitrogens is 1. The van der Waals surface area contributed by atoms with Gasteiger partial charge in [-0.2, -0.15) is 0 Å². The molecule has 0 amide bonds. The predicted octanol–water partition coefficient (Wildman–Crippen LogP) is 2.62. The fourth-order valence-corrected chi connectivity index (χ4v) is 1.44. The zero-order valence-electron chi connectivity index (χ0n) is 5.63. The van der Waals surface area contributed by atoms with Crippen molar-refractivity contribution in [3.8, 4) is 0 Å². The second kappa shape index (κ2) is 2.20. The molecule has 1 aromatic rings. The molecule has 1 aliphatic rings. The molecular weight excluding hydrogens is 142 g/mol. The first-order valence-electron chi connectivity index (χ1n) is 3.55. The second-order valence-electron chi connectivity index (χ2n) is 2.74. The maximum atomic E-state index is 5.15. The number of pyridine rings is 1. The zero-order chi connectivity index (χ0) is 6.97. The first-order chi connectivity index (χ1) is 4.88. The van der Waals surface area contributed by atoms with Crippen LogP contribution in [0.2, 0.25) is 0 Å². The molecule has 10 heavy (non-hydrogen) atoms. The minimum absolute atomic E-state index is 0.768. The van der Waals surface area contributed by atoms with Crippen LogP contribution in [0, 0.1) is 4.51 Å². The van der Waals surface area contributed by atoms with Crippen LogP contribution in [0.3, 0.4) is 0 Å². The van der Waals surface area contributed by atoms with Gasteiger partial charge in [-0.3, -0.25) is 0 Å². The van der Waals surface area contributed by atoms with Crippen LogP contribution in [-0.2, 0) is 0 Å². The molecule has 0 aromatic carbocycles. The van der Waals surface area contributed by atoms with Crippen molar-refractivity contribution in [1.29, 1.82) is 0 Å².